The molecule has 88 valence electrons. The average molecular weight is 246 g/mol. The van der Waals surface area contributed by atoms with Gasteiger partial charge in [0.1, 0.15) is 0 Å². The third-order valence-corrected chi connectivity index (χ3v) is 3.18. The number of hydrogen-bond donors (Lipinski definition) is 1. The van der Waals surface area contributed by atoms with E-state index in [0.29, 0.717) is 11.6 Å². The maximum atomic E-state index is 11.2. The Morgan fingerprint density at radius 2 is 2.06 bits per heavy atom. The van der Waals surface area contributed by atoms with E-state index in [4.69, 9.17) is 0 Å². The number of thiazole rings is 1. The monoisotopic (exact) mass is 246 g/mol. The van der Waals surface area contributed by atoms with Crippen molar-refractivity contribution in [1.29, 1.82) is 0 Å². The van der Waals surface area contributed by atoms with Crippen molar-refractivity contribution >= 4 is 22.4 Å². The minimum atomic E-state index is -0.00481. The summed E-state index contributed by atoms with van der Waals surface area (Å²) in [7, 11) is 0. The largest absolute Gasteiger partial charge is 0.302 e. The van der Waals surface area contributed by atoms with E-state index in [1.807, 2.05) is 24.4 Å². The molecule has 1 aromatic heterocycles. The Hall–Kier alpha value is -1.68. The van der Waals surface area contributed by atoms with Crippen molar-refractivity contribution in [2.75, 3.05) is 5.32 Å². The van der Waals surface area contributed by atoms with E-state index in [2.05, 4.69) is 29.4 Å². The maximum absolute atomic E-state index is 11.2. The Morgan fingerprint density at radius 3 is 2.71 bits per heavy atom. The molecule has 0 spiro atoms. The Bertz CT molecular complexity index is 516. The van der Waals surface area contributed by atoms with Crippen LogP contribution < -0.4 is 5.32 Å². The second-order valence-electron chi connectivity index (χ2n) is 3.81. The summed E-state index contributed by atoms with van der Waals surface area (Å²) in [5.41, 5.74) is 3.20. The van der Waals surface area contributed by atoms with Crippen LogP contribution in [0.25, 0.3) is 11.3 Å². The molecule has 1 heterocycles. The van der Waals surface area contributed by atoms with E-state index < -0.39 is 0 Å². The van der Waals surface area contributed by atoms with Gasteiger partial charge in [0.2, 0.25) is 5.91 Å². The molecule has 0 saturated carbocycles. The van der Waals surface area contributed by atoms with Gasteiger partial charge in [-0.05, 0) is 6.92 Å². The summed E-state index contributed by atoms with van der Waals surface area (Å²) in [5.74, 6) is -0.00481. The molecular formula is C13H14N2OS. The van der Waals surface area contributed by atoms with Gasteiger partial charge in [-0.15, -0.1) is 11.3 Å². The van der Waals surface area contributed by atoms with Gasteiger partial charge in [0.05, 0.1) is 5.69 Å². The molecule has 0 aliphatic carbocycles. The molecule has 0 unspecified atom stereocenters. The Balaban J connectivity index is 2.18. The van der Waals surface area contributed by atoms with Gasteiger partial charge >= 0.3 is 0 Å². The highest BCUT2D eigenvalue weighted by Gasteiger charge is 2.06. The van der Waals surface area contributed by atoms with Gasteiger partial charge in [0.15, 0.2) is 5.13 Å². The lowest BCUT2D eigenvalue weighted by Gasteiger charge is -1.98. The normalized spacial score (nSPS) is 10.2. The first kappa shape index (κ1) is 11.8. The minimum absolute atomic E-state index is 0.00481. The molecule has 0 atom stereocenters. The quantitative estimate of drug-likeness (QED) is 0.901. The molecule has 0 fully saturated rings. The van der Waals surface area contributed by atoms with Crippen molar-refractivity contribution in [1.82, 2.24) is 4.98 Å². The number of carbonyl (C=O) groups is 1. The second kappa shape index (κ2) is 5.10. The van der Waals surface area contributed by atoms with Gasteiger partial charge in [-0.3, -0.25) is 4.79 Å². The molecule has 4 heteroatoms. The van der Waals surface area contributed by atoms with Crippen LogP contribution in [0.2, 0.25) is 0 Å². The summed E-state index contributed by atoms with van der Waals surface area (Å²) >= 11 is 1.45. The lowest BCUT2D eigenvalue weighted by atomic mass is 10.1. The van der Waals surface area contributed by atoms with Crippen molar-refractivity contribution < 1.29 is 4.79 Å². The molecule has 1 aromatic carbocycles. The number of carbonyl (C=O) groups excluding carboxylic acids is 1. The van der Waals surface area contributed by atoms with E-state index in [1.54, 1.807) is 0 Å². The fraction of sp³-hybridized carbons (Fsp3) is 0.231. The van der Waals surface area contributed by atoms with Gasteiger partial charge in [-0.25, -0.2) is 4.98 Å². The Labute approximate surface area is 105 Å². The first-order valence-electron chi connectivity index (χ1n) is 5.51. The highest BCUT2D eigenvalue weighted by Crippen LogP contribution is 2.25. The number of amides is 1. The van der Waals surface area contributed by atoms with Crippen LogP contribution in [0.5, 0.6) is 0 Å². The topological polar surface area (TPSA) is 42.0 Å². The predicted octanol–water partition coefficient (Wildman–Crippen LogP) is 3.47. The van der Waals surface area contributed by atoms with Crippen LogP contribution in [-0.4, -0.2) is 10.9 Å². The van der Waals surface area contributed by atoms with Crippen LogP contribution in [0.1, 0.15) is 18.9 Å². The van der Waals surface area contributed by atoms with Crippen LogP contribution in [0.4, 0.5) is 5.13 Å². The van der Waals surface area contributed by atoms with E-state index >= 15 is 0 Å². The third kappa shape index (κ3) is 2.91. The SMILES string of the molecule is CCC(=O)Nc1nc(-c2ccc(C)cc2)cs1. The zero-order chi connectivity index (χ0) is 12.3. The van der Waals surface area contributed by atoms with Gasteiger partial charge in [0, 0.05) is 17.4 Å². The van der Waals surface area contributed by atoms with Gasteiger partial charge < -0.3 is 5.32 Å². The van der Waals surface area contributed by atoms with Crippen molar-refractivity contribution in [3.05, 3.63) is 35.2 Å². The van der Waals surface area contributed by atoms with Crippen LogP contribution in [0, 0.1) is 6.92 Å². The molecule has 0 aliphatic rings. The average Bonchev–Trinajstić information content (AvgIpc) is 2.78. The summed E-state index contributed by atoms with van der Waals surface area (Å²) in [6, 6.07) is 8.18. The van der Waals surface area contributed by atoms with Crippen LogP contribution in [-0.2, 0) is 4.79 Å². The fourth-order valence-electron chi connectivity index (χ4n) is 1.40. The summed E-state index contributed by atoms with van der Waals surface area (Å²) in [4.78, 5) is 15.6. The molecule has 0 aliphatic heterocycles. The number of hydrogen-bond acceptors (Lipinski definition) is 3. The summed E-state index contributed by atoms with van der Waals surface area (Å²) < 4.78 is 0. The smallest absolute Gasteiger partial charge is 0.225 e. The van der Waals surface area contributed by atoms with E-state index in [9.17, 15) is 4.79 Å². The van der Waals surface area contributed by atoms with Crippen molar-refractivity contribution in [3.63, 3.8) is 0 Å². The first-order valence-corrected chi connectivity index (χ1v) is 6.39. The number of benzene rings is 1. The highest BCUT2D eigenvalue weighted by molar-refractivity contribution is 7.14. The van der Waals surface area contributed by atoms with E-state index in [1.165, 1.54) is 16.9 Å². The number of aromatic nitrogens is 1. The standard InChI is InChI=1S/C13H14N2OS/c1-3-12(16)15-13-14-11(8-17-13)10-6-4-9(2)5-7-10/h4-8H,3H2,1-2H3,(H,14,15,16). The zero-order valence-electron chi connectivity index (χ0n) is 9.86. The number of anilines is 1. The van der Waals surface area contributed by atoms with Crippen LogP contribution in [0.15, 0.2) is 29.6 Å². The van der Waals surface area contributed by atoms with Crippen molar-refractivity contribution in [3.8, 4) is 11.3 Å². The summed E-state index contributed by atoms with van der Waals surface area (Å²) in [6.45, 7) is 3.88. The maximum Gasteiger partial charge on any atom is 0.225 e. The molecule has 0 bridgehead atoms. The second-order valence-corrected chi connectivity index (χ2v) is 4.66. The number of nitrogens with zero attached hydrogens (tertiary/aromatic N) is 1. The molecule has 2 aromatic rings. The molecule has 0 saturated heterocycles. The molecule has 17 heavy (non-hydrogen) atoms. The number of rotatable bonds is 3. The molecule has 1 amide bonds. The van der Waals surface area contributed by atoms with Crippen LogP contribution in [0.3, 0.4) is 0 Å². The zero-order valence-corrected chi connectivity index (χ0v) is 10.7. The molecule has 0 radical (unpaired) electrons. The number of nitrogens with one attached hydrogen (secondary N) is 1. The van der Waals surface area contributed by atoms with Gasteiger partial charge in [-0.2, -0.15) is 0 Å². The minimum Gasteiger partial charge on any atom is -0.302 e. The summed E-state index contributed by atoms with van der Waals surface area (Å²) in [5, 5.41) is 5.38. The fourth-order valence-corrected chi connectivity index (χ4v) is 2.13. The Morgan fingerprint density at radius 1 is 1.35 bits per heavy atom. The molecular weight excluding hydrogens is 232 g/mol. The van der Waals surface area contributed by atoms with Crippen molar-refractivity contribution in [2.45, 2.75) is 20.3 Å². The molecule has 1 N–H and O–H groups in total. The first-order chi connectivity index (χ1) is 8.19. The lowest BCUT2D eigenvalue weighted by molar-refractivity contribution is -0.115. The molecule has 2 rings (SSSR count). The van der Waals surface area contributed by atoms with Crippen molar-refractivity contribution in [2.24, 2.45) is 0 Å². The Kier molecular flexibility index (Phi) is 3.54. The third-order valence-electron chi connectivity index (χ3n) is 2.42. The highest BCUT2D eigenvalue weighted by atomic mass is 32.1. The van der Waals surface area contributed by atoms with Gasteiger partial charge in [-0.1, -0.05) is 36.8 Å². The van der Waals surface area contributed by atoms with E-state index in [0.717, 1.165) is 11.3 Å². The van der Waals surface area contributed by atoms with E-state index in [-0.39, 0.29) is 5.91 Å². The lowest BCUT2D eigenvalue weighted by Crippen LogP contribution is -2.08. The predicted molar refractivity (Wildman–Crippen MR) is 71.2 cm³/mol. The summed E-state index contributed by atoms with van der Waals surface area (Å²) in [6.07, 6.45) is 0.472. The van der Waals surface area contributed by atoms with Gasteiger partial charge in [0.25, 0.3) is 0 Å². The van der Waals surface area contributed by atoms with Crippen LogP contribution >= 0.6 is 11.3 Å². The molecule has 3 nitrogen and oxygen atoms in total. The number of aryl methyl sites for hydroxylation is 1.